The summed E-state index contributed by atoms with van der Waals surface area (Å²) >= 11 is 0. The quantitative estimate of drug-likeness (QED) is 0.781. The molecule has 0 saturated heterocycles. The molecule has 3 heteroatoms. The van der Waals surface area contributed by atoms with Gasteiger partial charge in [-0.05, 0) is 44.7 Å². The third-order valence-corrected chi connectivity index (χ3v) is 6.45. The van der Waals surface area contributed by atoms with Crippen LogP contribution in [0.5, 0.6) is 0 Å². The molecule has 0 saturated carbocycles. The van der Waals surface area contributed by atoms with Crippen molar-refractivity contribution in [3.05, 3.63) is 42.0 Å². The van der Waals surface area contributed by atoms with Gasteiger partial charge in [0.05, 0.1) is 9.64 Å². The predicted octanol–water partition coefficient (Wildman–Crippen LogP) is 3.66. The minimum Gasteiger partial charge on any atom is -0.223 e. The summed E-state index contributed by atoms with van der Waals surface area (Å²) < 4.78 is 24.9. The summed E-state index contributed by atoms with van der Waals surface area (Å²) in [6, 6.07) is 7.18. The lowest BCUT2D eigenvalue weighted by atomic mass is 9.93. The van der Waals surface area contributed by atoms with Gasteiger partial charge in [0.15, 0.2) is 9.84 Å². The highest BCUT2D eigenvalue weighted by Crippen LogP contribution is 2.37. The second-order valence-corrected chi connectivity index (χ2v) is 7.32. The van der Waals surface area contributed by atoms with Crippen LogP contribution in [0.15, 0.2) is 41.3 Å². The van der Waals surface area contributed by atoms with Gasteiger partial charge in [-0.3, -0.25) is 0 Å². The first kappa shape index (κ1) is 13.3. The lowest BCUT2D eigenvalue weighted by Crippen LogP contribution is -2.37. The first-order chi connectivity index (χ1) is 8.52. The zero-order chi connectivity index (χ0) is 13.2. The zero-order valence-electron chi connectivity index (χ0n) is 11.0. The average molecular weight is 264 g/mol. The minimum atomic E-state index is -3.28. The van der Waals surface area contributed by atoms with Crippen molar-refractivity contribution < 1.29 is 8.42 Å². The molecular weight excluding hydrogens is 244 g/mol. The maximum absolute atomic E-state index is 12.8. The van der Waals surface area contributed by atoms with Crippen LogP contribution in [0.4, 0.5) is 0 Å². The fourth-order valence-electron chi connectivity index (χ4n) is 2.56. The van der Waals surface area contributed by atoms with Crippen LogP contribution in [-0.4, -0.2) is 13.2 Å². The third kappa shape index (κ3) is 2.12. The van der Waals surface area contributed by atoms with Gasteiger partial charge in [0.1, 0.15) is 0 Å². The Hall–Kier alpha value is -1.09. The molecule has 0 aliphatic heterocycles. The summed E-state index contributed by atoms with van der Waals surface area (Å²) in [7, 11) is -3.28. The van der Waals surface area contributed by atoms with E-state index in [0.29, 0.717) is 11.3 Å². The second-order valence-electron chi connectivity index (χ2n) is 5.03. The first-order valence-corrected chi connectivity index (χ1v) is 7.99. The Morgan fingerprint density at radius 3 is 2.39 bits per heavy atom. The SMILES string of the molecule is CCC1(S(=O)(=O)c2ccc(C)cc2)C=CCCC1. The van der Waals surface area contributed by atoms with Gasteiger partial charge in [-0.25, -0.2) is 8.42 Å². The number of allylic oxidation sites excluding steroid dienone is 1. The van der Waals surface area contributed by atoms with Crippen molar-refractivity contribution in [3.63, 3.8) is 0 Å². The molecule has 0 N–H and O–H groups in total. The Morgan fingerprint density at radius 2 is 1.89 bits per heavy atom. The monoisotopic (exact) mass is 264 g/mol. The average Bonchev–Trinajstić information content (AvgIpc) is 2.40. The summed E-state index contributed by atoms with van der Waals surface area (Å²) in [5, 5.41) is 0. The van der Waals surface area contributed by atoms with Crippen LogP contribution < -0.4 is 0 Å². The Morgan fingerprint density at radius 1 is 1.22 bits per heavy atom. The summed E-state index contributed by atoms with van der Waals surface area (Å²) in [5.74, 6) is 0. The van der Waals surface area contributed by atoms with Crippen LogP contribution in [0.1, 0.15) is 38.2 Å². The molecule has 1 aromatic carbocycles. The molecule has 2 rings (SSSR count). The van der Waals surface area contributed by atoms with E-state index in [1.54, 1.807) is 12.1 Å². The highest BCUT2D eigenvalue weighted by atomic mass is 32.2. The van der Waals surface area contributed by atoms with Crippen LogP contribution >= 0.6 is 0 Å². The Labute approximate surface area is 110 Å². The molecule has 0 heterocycles. The first-order valence-electron chi connectivity index (χ1n) is 6.51. The van der Waals surface area contributed by atoms with Gasteiger partial charge in [0.2, 0.25) is 0 Å². The molecule has 98 valence electrons. The molecule has 0 fully saturated rings. The molecule has 0 radical (unpaired) electrons. The second kappa shape index (κ2) is 4.88. The molecule has 1 unspecified atom stereocenters. The molecular formula is C15H20O2S. The van der Waals surface area contributed by atoms with Gasteiger partial charge >= 0.3 is 0 Å². The number of hydrogen-bond acceptors (Lipinski definition) is 2. The van der Waals surface area contributed by atoms with Crippen LogP contribution in [-0.2, 0) is 9.84 Å². The molecule has 0 spiro atoms. The molecule has 0 bridgehead atoms. The van der Waals surface area contributed by atoms with Crippen LogP contribution in [0.3, 0.4) is 0 Å². The Kier molecular flexibility index (Phi) is 3.62. The standard InChI is InChI=1S/C15H20O2S/c1-3-15(11-5-4-6-12-15)18(16,17)14-9-7-13(2)8-10-14/h5,7-11H,3-4,6,12H2,1-2H3. The van der Waals surface area contributed by atoms with E-state index in [2.05, 4.69) is 0 Å². The number of benzene rings is 1. The van der Waals surface area contributed by atoms with Gasteiger partial charge in [0.25, 0.3) is 0 Å². The van der Waals surface area contributed by atoms with Gasteiger partial charge < -0.3 is 0 Å². The number of sulfone groups is 1. The van der Waals surface area contributed by atoms with Crippen molar-refractivity contribution in [2.45, 2.75) is 49.2 Å². The van der Waals surface area contributed by atoms with Gasteiger partial charge in [0, 0.05) is 0 Å². The Bertz CT molecular complexity index is 540. The minimum absolute atomic E-state index is 0.446. The molecule has 0 aromatic heterocycles. The summed E-state index contributed by atoms with van der Waals surface area (Å²) in [4.78, 5) is 0.446. The maximum Gasteiger partial charge on any atom is 0.187 e. The molecule has 1 aliphatic carbocycles. The van der Waals surface area contributed by atoms with E-state index in [4.69, 9.17) is 0 Å². The zero-order valence-corrected chi connectivity index (χ0v) is 11.8. The summed E-state index contributed by atoms with van der Waals surface area (Å²) in [6.07, 6.45) is 7.24. The number of hydrogen-bond donors (Lipinski definition) is 0. The van der Waals surface area contributed by atoms with Crippen molar-refractivity contribution in [1.82, 2.24) is 0 Å². The van der Waals surface area contributed by atoms with Crippen molar-refractivity contribution in [2.24, 2.45) is 0 Å². The van der Waals surface area contributed by atoms with E-state index in [1.165, 1.54) is 0 Å². The third-order valence-electron chi connectivity index (χ3n) is 3.86. The van der Waals surface area contributed by atoms with Crippen LogP contribution in [0.25, 0.3) is 0 Å². The maximum atomic E-state index is 12.8. The van der Waals surface area contributed by atoms with Crippen molar-refractivity contribution >= 4 is 9.84 Å². The fraction of sp³-hybridized carbons (Fsp3) is 0.467. The molecule has 2 nitrogen and oxygen atoms in total. The number of aryl methyl sites for hydroxylation is 1. The topological polar surface area (TPSA) is 34.1 Å². The Balaban J connectivity index is 2.49. The largest absolute Gasteiger partial charge is 0.223 e. The van der Waals surface area contributed by atoms with Crippen LogP contribution in [0, 0.1) is 6.92 Å². The molecule has 0 amide bonds. The lowest BCUT2D eigenvalue weighted by Gasteiger charge is -2.31. The smallest absolute Gasteiger partial charge is 0.187 e. The van der Waals surface area contributed by atoms with Gasteiger partial charge in [-0.15, -0.1) is 0 Å². The predicted molar refractivity (Wildman–Crippen MR) is 74.4 cm³/mol. The number of rotatable bonds is 3. The normalized spacial score (nSPS) is 24.1. The fourth-order valence-corrected chi connectivity index (χ4v) is 4.59. The highest BCUT2D eigenvalue weighted by Gasteiger charge is 2.41. The highest BCUT2D eigenvalue weighted by molar-refractivity contribution is 7.93. The van der Waals surface area contributed by atoms with Crippen molar-refractivity contribution in [1.29, 1.82) is 0 Å². The summed E-state index contributed by atoms with van der Waals surface area (Å²) in [6.45, 7) is 3.92. The van der Waals surface area contributed by atoms with Crippen molar-refractivity contribution in [2.75, 3.05) is 0 Å². The van der Waals surface area contributed by atoms with Crippen LogP contribution in [0.2, 0.25) is 0 Å². The van der Waals surface area contributed by atoms with E-state index in [1.807, 2.05) is 38.1 Å². The summed E-state index contributed by atoms with van der Waals surface area (Å²) in [5.41, 5.74) is 1.08. The van der Waals surface area contributed by atoms with Crippen molar-refractivity contribution in [3.8, 4) is 0 Å². The van der Waals surface area contributed by atoms with E-state index in [0.717, 1.165) is 24.8 Å². The van der Waals surface area contributed by atoms with Gasteiger partial charge in [-0.1, -0.05) is 36.8 Å². The molecule has 1 aromatic rings. The van der Waals surface area contributed by atoms with Gasteiger partial charge in [-0.2, -0.15) is 0 Å². The van der Waals surface area contributed by atoms with E-state index in [9.17, 15) is 8.42 Å². The molecule has 1 aliphatic rings. The molecule has 1 atom stereocenters. The lowest BCUT2D eigenvalue weighted by molar-refractivity contribution is 0.501. The van der Waals surface area contributed by atoms with E-state index in [-0.39, 0.29) is 0 Å². The van der Waals surface area contributed by atoms with E-state index < -0.39 is 14.6 Å². The molecule has 18 heavy (non-hydrogen) atoms. The van der Waals surface area contributed by atoms with E-state index >= 15 is 0 Å².